The lowest BCUT2D eigenvalue weighted by molar-refractivity contribution is 0.128. The molecule has 0 amide bonds. The van der Waals surface area contributed by atoms with Gasteiger partial charge in [0.15, 0.2) is 0 Å². The van der Waals surface area contributed by atoms with Crippen LogP contribution in [0, 0.1) is 11.8 Å². The predicted octanol–water partition coefficient (Wildman–Crippen LogP) is 1.40. The normalized spacial score (nSPS) is 28.9. The van der Waals surface area contributed by atoms with Crippen molar-refractivity contribution in [2.45, 2.75) is 26.2 Å². The first kappa shape index (κ1) is 9.01. The van der Waals surface area contributed by atoms with E-state index < -0.39 is 0 Å². The highest BCUT2D eigenvalue weighted by molar-refractivity contribution is 4.86. The number of rotatable bonds is 6. The van der Waals surface area contributed by atoms with Gasteiger partial charge in [-0.15, -0.1) is 0 Å². The van der Waals surface area contributed by atoms with Crippen molar-refractivity contribution in [2.24, 2.45) is 17.6 Å². The molecule has 1 fully saturated rings. The van der Waals surface area contributed by atoms with Crippen LogP contribution in [0.3, 0.4) is 0 Å². The van der Waals surface area contributed by atoms with Crippen molar-refractivity contribution < 1.29 is 4.74 Å². The Labute approximate surface area is 69.1 Å². The number of nitrogens with two attached hydrogens (primary N) is 1. The minimum atomic E-state index is 0.820. The van der Waals surface area contributed by atoms with Crippen LogP contribution in [0.5, 0.6) is 0 Å². The Balaban J connectivity index is 1.82. The molecule has 1 aliphatic rings. The van der Waals surface area contributed by atoms with Crippen molar-refractivity contribution in [3.63, 3.8) is 0 Å². The standard InChI is InChI=1S/C9H19NO/c1-2-4-11-5-3-8-6-9(8)7-10/h8-9H,2-7,10H2,1H3. The molecule has 2 atom stereocenters. The summed E-state index contributed by atoms with van der Waals surface area (Å²) in [6.45, 7) is 4.87. The van der Waals surface area contributed by atoms with E-state index in [9.17, 15) is 0 Å². The van der Waals surface area contributed by atoms with E-state index in [4.69, 9.17) is 10.5 Å². The van der Waals surface area contributed by atoms with Crippen LogP contribution in [0.15, 0.2) is 0 Å². The first-order valence-electron chi connectivity index (χ1n) is 4.66. The van der Waals surface area contributed by atoms with Crippen molar-refractivity contribution in [2.75, 3.05) is 19.8 Å². The Morgan fingerprint density at radius 3 is 2.73 bits per heavy atom. The molecule has 0 aromatic rings. The molecule has 1 saturated carbocycles. The molecular weight excluding hydrogens is 138 g/mol. The molecule has 0 heterocycles. The molecule has 0 bridgehead atoms. The Hall–Kier alpha value is -0.0800. The summed E-state index contributed by atoms with van der Waals surface area (Å²) in [6, 6.07) is 0. The molecule has 2 nitrogen and oxygen atoms in total. The third-order valence-electron chi connectivity index (χ3n) is 2.35. The minimum Gasteiger partial charge on any atom is -0.381 e. The molecule has 1 aliphatic carbocycles. The Kier molecular flexibility index (Phi) is 3.87. The average Bonchev–Trinajstić information content (AvgIpc) is 2.77. The molecule has 2 N–H and O–H groups in total. The lowest BCUT2D eigenvalue weighted by atomic mass is 10.2. The largest absolute Gasteiger partial charge is 0.381 e. The van der Waals surface area contributed by atoms with E-state index in [1.165, 1.54) is 12.8 Å². The summed E-state index contributed by atoms with van der Waals surface area (Å²) in [6.07, 6.45) is 3.69. The molecule has 11 heavy (non-hydrogen) atoms. The third-order valence-corrected chi connectivity index (χ3v) is 2.35. The Bertz CT molecular complexity index is 106. The summed E-state index contributed by atoms with van der Waals surface area (Å²) in [7, 11) is 0. The molecule has 0 aromatic carbocycles. The van der Waals surface area contributed by atoms with E-state index in [1.54, 1.807) is 0 Å². The minimum absolute atomic E-state index is 0.820. The summed E-state index contributed by atoms with van der Waals surface area (Å²) in [5.41, 5.74) is 5.51. The second-order valence-electron chi connectivity index (χ2n) is 3.39. The summed E-state index contributed by atoms with van der Waals surface area (Å²) in [5.74, 6) is 1.71. The van der Waals surface area contributed by atoms with Gasteiger partial charge in [-0.25, -0.2) is 0 Å². The monoisotopic (exact) mass is 157 g/mol. The Morgan fingerprint density at radius 2 is 2.18 bits per heavy atom. The van der Waals surface area contributed by atoms with Gasteiger partial charge in [-0.2, -0.15) is 0 Å². The molecule has 2 heteroatoms. The average molecular weight is 157 g/mol. The number of hydrogen-bond acceptors (Lipinski definition) is 2. The summed E-state index contributed by atoms with van der Waals surface area (Å²) in [4.78, 5) is 0. The van der Waals surface area contributed by atoms with Gasteiger partial charge in [-0.05, 0) is 37.6 Å². The van der Waals surface area contributed by atoms with Gasteiger partial charge < -0.3 is 10.5 Å². The fourth-order valence-corrected chi connectivity index (χ4v) is 1.43. The summed E-state index contributed by atoms with van der Waals surface area (Å²) in [5, 5.41) is 0. The molecule has 0 radical (unpaired) electrons. The highest BCUT2D eigenvalue weighted by atomic mass is 16.5. The zero-order valence-electron chi connectivity index (χ0n) is 7.38. The highest BCUT2D eigenvalue weighted by Gasteiger charge is 2.34. The molecule has 0 saturated heterocycles. The topological polar surface area (TPSA) is 35.2 Å². The SMILES string of the molecule is CCCOCCC1CC1CN. The fourth-order valence-electron chi connectivity index (χ4n) is 1.43. The molecule has 1 rings (SSSR count). The summed E-state index contributed by atoms with van der Waals surface area (Å²) >= 11 is 0. The van der Waals surface area contributed by atoms with Crippen LogP contribution >= 0.6 is 0 Å². The third kappa shape index (κ3) is 3.21. The zero-order valence-corrected chi connectivity index (χ0v) is 7.38. The van der Waals surface area contributed by atoms with Crippen LogP contribution in [0.4, 0.5) is 0 Å². The maximum atomic E-state index is 5.51. The number of hydrogen-bond donors (Lipinski definition) is 1. The summed E-state index contributed by atoms with van der Waals surface area (Å²) < 4.78 is 5.39. The van der Waals surface area contributed by atoms with Crippen molar-refractivity contribution in [3.05, 3.63) is 0 Å². The van der Waals surface area contributed by atoms with Gasteiger partial charge in [0.05, 0.1) is 0 Å². The van der Waals surface area contributed by atoms with Crippen molar-refractivity contribution >= 4 is 0 Å². The molecular formula is C9H19NO. The van der Waals surface area contributed by atoms with Crippen LogP contribution < -0.4 is 5.73 Å². The predicted molar refractivity (Wildman–Crippen MR) is 46.4 cm³/mol. The molecule has 0 aliphatic heterocycles. The van der Waals surface area contributed by atoms with Crippen LogP contribution in [0.2, 0.25) is 0 Å². The fraction of sp³-hybridized carbons (Fsp3) is 1.00. The van der Waals surface area contributed by atoms with Gasteiger partial charge >= 0.3 is 0 Å². The van der Waals surface area contributed by atoms with E-state index in [2.05, 4.69) is 6.92 Å². The van der Waals surface area contributed by atoms with E-state index in [1.807, 2.05) is 0 Å². The van der Waals surface area contributed by atoms with Gasteiger partial charge in [0.2, 0.25) is 0 Å². The van der Waals surface area contributed by atoms with Gasteiger partial charge in [0.1, 0.15) is 0 Å². The van der Waals surface area contributed by atoms with Crippen molar-refractivity contribution in [3.8, 4) is 0 Å². The maximum absolute atomic E-state index is 5.51. The quantitative estimate of drug-likeness (QED) is 0.591. The zero-order chi connectivity index (χ0) is 8.10. The highest BCUT2D eigenvalue weighted by Crippen LogP contribution is 2.39. The van der Waals surface area contributed by atoms with Crippen LogP contribution in [-0.4, -0.2) is 19.8 Å². The number of ether oxygens (including phenoxy) is 1. The lowest BCUT2D eigenvalue weighted by Gasteiger charge is -2.00. The Morgan fingerprint density at radius 1 is 1.36 bits per heavy atom. The smallest absolute Gasteiger partial charge is 0.0468 e. The lowest BCUT2D eigenvalue weighted by Crippen LogP contribution is -2.04. The maximum Gasteiger partial charge on any atom is 0.0468 e. The van der Waals surface area contributed by atoms with Crippen LogP contribution in [-0.2, 0) is 4.74 Å². The van der Waals surface area contributed by atoms with E-state index in [-0.39, 0.29) is 0 Å². The van der Waals surface area contributed by atoms with Crippen LogP contribution in [0.1, 0.15) is 26.2 Å². The van der Waals surface area contributed by atoms with Gasteiger partial charge in [-0.1, -0.05) is 6.92 Å². The van der Waals surface area contributed by atoms with E-state index in [0.717, 1.165) is 38.0 Å². The first-order valence-corrected chi connectivity index (χ1v) is 4.66. The molecule has 0 spiro atoms. The molecule has 66 valence electrons. The van der Waals surface area contributed by atoms with E-state index >= 15 is 0 Å². The van der Waals surface area contributed by atoms with Gasteiger partial charge in [-0.3, -0.25) is 0 Å². The second-order valence-corrected chi connectivity index (χ2v) is 3.39. The second kappa shape index (κ2) is 4.73. The molecule has 0 aromatic heterocycles. The van der Waals surface area contributed by atoms with Crippen LogP contribution in [0.25, 0.3) is 0 Å². The first-order chi connectivity index (χ1) is 5.38. The van der Waals surface area contributed by atoms with Crippen molar-refractivity contribution in [1.82, 2.24) is 0 Å². The van der Waals surface area contributed by atoms with E-state index in [0.29, 0.717) is 0 Å². The van der Waals surface area contributed by atoms with Gasteiger partial charge in [0, 0.05) is 13.2 Å². The molecule has 2 unspecified atom stereocenters. The van der Waals surface area contributed by atoms with Gasteiger partial charge in [0.25, 0.3) is 0 Å². The van der Waals surface area contributed by atoms with Crippen molar-refractivity contribution in [1.29, 1.82) is 0 Å².